The number of fused-ring (bicyclic) bond motifs is 1. The van der Waals surface area contributed by atoms with E-state index in [1.165, 1.54) is 0 Å². The van der Waals surface area contributed by atoms with E-state index in [4.69, 9.17) is 4.74 Å². The number of hydrogen-bond acceptors (Lipinski definition) is 4. The zero-order chi connectivity index (χ0) is 14.8. The number of aromatic amines is 1. The molecule has 21 heavy (non-hydrogen) atoms. The molecule has 1 aromatic carbocycles. The first-order valence-electron chi connectivity index (χ1n) is 6.75. The molecule has 4 nitrogen and oxygen atoms in total. The maximum atomic E-state index is 12.1. The number of thiophene rings is 1. The van der Waals surface area contributed by atoms with Crippen LogP contribution >= 0.6 is 11.3 Å². The van der Waals surface area contributed by atoms with Crippen LogP contribution in [0.5, 0.6) is 0 Å². The first-order chi connectivity index (χ1) is 10.1. The summed E-state index contributed by atoms with van der Waals surface area (Å²) in [6.45, 7) is 4.77. The highest BCUT2D eigenvalue weighted by Gasteiger charge is 2.11. The first-order valence-corrected chi connectivity index (χ1v) is 7.57. The van der Waals surface area contributed by atoms with Crippen LogP contribution in [0.3, 0.4) is 0 Å². The lowest BCUT2D eigenvalue weighted by atomic mass is 10.2. The van der Waals surface area contributed by atoms with Gasteiger partial charge in [0.05, 0.1) is 12.0 Å². The minimum Gasteiger partial charge on any atom is -0.369 e. The standard InChI is InChI=1S/C16H16N2O2S/c1-10-11(2)21-16-14(10)15(19)17-13(18-16)9-20-8-12-6-4-3-5-7-12/h3-7H,8-9H2,1-2H3,(H,17,18,19). The van der Waals surface area contributed by atoms with Gasteiger partial charge < -0.3 is 9.72 Å². The molecule has 0 radical (unpaired) electrons. The van der Waals surface area contributed by atoms with Gasteiger partial charge in [-0.25, -0.2) is 4.98 Å². The lowest BCUT2D eigenvalue weighted by Gasteiger charge is -2.04. The van der Waals surface area contributed by atoms with Gasteiger partial charge in [-0.2, -0.15) is 0 Å². The molecule has 3 aromatic rings. The quantitative estimate of drug-likeness (QED) is 0.804. The lowest BCUT2D eigenvalue weighted by Crippen LogP contribution is -2.12. The molecule has 0 saturated carbocycles. The predicted molar refractivity (Wildman–Crippen MR) is 84.6 cm³/mol. The summed E-state index contributed by atoms with van der Waals surface area (Å²) < 4.78 is 5.62. The number of nitrogens with one attached hydrogen (secondary N) is 1. The largest absolute Gasteiger partial charge is 0.369 e. The molecule has 5 heteroatoms. The molecule has 0 saturated heterocycles. The number of H-pyrrole nitrogens is 1. The van der Waals surface area contributed by atoms with E-state index in [9.17, 15) is 4.79 Å². The average Bonchev–Trinajstić information content (AvgIpc) is 2.75. The van der Waals surface area contributed by atoms with Gasteiger partial charge in [0.2, 0.25) is 0 Å². The molecule has 0 unspecified atom stereocenters. The van der Waals surface area contributed by atoms with Crippen molar-refractivity contribution in [2.24, 2.45) is 0 Å². The third kappa shape index (κ3) is 2.89. The summed E-state index contributed by atoms with van der Waals surface area (Å²) in [7, 11) is 0. The Labute approximate surface area is 126 Å². The van der Waals surface area contributed by atoms with Crippen molar-refractivity contribution in [1.82, 2.24) is 9.97 Å². The zero-order valence-corrected chi connectivity index (χ0v) is 12.8. The van der Waals surface area contributed by atoms with Gasteiger partial charge in [-0.1, -0.05) is 30.3 Å². The Morgan fingerprint density at radius 3 is 2.71 bits per heavy atom. The molecular weight excluding hydrogens is 284 g/mol. The monoisotopic (exact) mass is 300 g/mol. The molecule has 0 bridgehead atoms. The summed E-state index contributed by atoms with van der Waals surface area (Å²) >= 11 is 1.55. The molecule has 0 aliphatic rings. The minimum atomic E-state index is -0.0832. The van der Waals surface area contributed by atoms with Crippen molar-refractivity contribution in [1.29, 1.82) is 0 Å². The molecule has 0 atom stereocenters. The fraction of sp³-hybridized carbons (Fsp3) is 0.250. The Balaban J connectivity index is 1.77. The molecule has 0 fully saturated rings. The molecule has 0 aliphatic carbocycles. The highest BCUT2D eigenvalue weighted by atomic mass is 32.1. The SMILES string of the molecule is Cc1sc2nc(COCc3ccccc3)[nH]c(=O)c2c1C. The third-order valence-corrected chi connectivity index (χ3v) is 4.54. The van der Waals surface area contributed by atoms with Gasteiger partial charge in [0.1, 0.15) is 17.3 Å². The van der Waals surface area contributed by atoms with Crippen LogP contribution in [-0.4, -0.2) is 9.97 Å². The van der Waals surface area contributed by atoms with E-state index < -0.39 is 0 Å². The second kappa shape index (κ2) is 5.79. The highest BCUT2D eigenvalue weighted by Crippen LogP contribution is 2.25. The predicted octanol–water partition coefficient (Wildman–Crippen LogP) is 3.32. The Hall–Kier alpha value is -1.98. The van der Waals surface area contributed by atoms with E-state index >= 15 is 0 Å². The van der Waals surface area contributed by atoms with E-state index in [1.54, 1.807) is 11.3 Å². The summed E-state index contributed by atoms with van der Waals surface area (Å²) in [6, 6.07) is 9.93. The number of rotatable bonds is 4. The van der Waals surface area contributed by atoms with Crippen molar-refractivity contribution in [3.8, 4) is 0 Å². The summed E-state index contributed by atoms with van der Waals surface area (Å²) in [5.41, 5.74) is 2.03. The molecule has 0 aliphatic heterocycles. The average molecular weight is 300 g/mol. The summed E-state index contributed by atoms with van der Waals surface area (Å²) in [4.78, 5) is 21.3. The van der Waals surface area contributed by atoms with Gasteiger partial charge in [0.15, 0.2) is 0 Å². The van der Waals surface area contributed by atoms with Crippen LogP contribution < -0.4 is 5.56 Å². The Morgan fingerprint density at radius 1 is 1.19 bits per heavy atom. The van der Waals surface area contributed by atoms with Crippen LogP contribution in [0.15, 0.2) is 35.1 Å². The fourth-order valence-electron chi connectivity index (χ4n) is 2.21. The van der Waals surface area contributed by atoms with Crippen LogP contribution in [0.4, 0.5) is 0 Å². The molecule has 2 heterocycles. The fourth-order valence-corrected chi connectivity index (χ4v) is 3.26. The lowest BCUT2D eigenvalue weighted by molar-refractivity contribution is 0.102. The third-order valence-electron chi connectivity index (χ3n) is 3.44. The second-order valence-corrected chi connectivity index (χ2v) is 6.16. The minimum absolute atomic E-state index is 0.0832. The van der Waals surface area contributed by atoms with E-state index in [1.807, 2.05) is 44.2 Å². The Bertz CT molecular complexity index is 821. The van der Waals surface area contributed by atoms with Crippen LogP contribution in [0.25, 0.3) is 10.2 Å². The number of nitrogens with zero attached hydrogens (tertiary/aromatic N) is 1. The normalized spacial score (nSPS) is 11.1. The van der Waals surface area contributed by atoms with Gasteiger partial charge in [-0.05, 0) is 25.0 Å². The highest BCUT2D eigenvalue weighted by molar-refractivity contribution is 7.18. The second-order valence-electron chi connectivity index (χ2n) is 4.95. The van der Waals surface area contributed by atoms with E-state index in [0.29, 0.717) is 24.4 Å². The summed E-state index contributed by atoms with van der Waals surface area (Å²) in [5, 5.41) is 0.698. The molecular formula is C16H16N2O2S. The van der Waals surface area contributed by atoms with Gasteiger partial charge in [0.25, 0.3) is 5.56 Å². The maximum absolute atomic E-state index is 12.1. The number of hydrogen-bond donors (Lipinski definition) is 1. The van der Waals surface area contributed by atoms with E-state index in [-0.39, 0.29) is 5.56 Å². The molecule has 108 valence electrons. The van der Waals surface area contributed by atoms with Gasteiger partial charge in [-0.3, -0.25) is 4.79 Å². The number of benzene rings is 1. The number of aromatic nitrogens is 2. The zero-order valence-electron chi connectivity index (χ0n) is 12.0. The Morgan fingerprint density at radius 2 is 1.95 bits per heavy atom. The van der Waals surface area contributed by atoms with Crippen molar-refractivity contribution < 1.29 is 4.74 Å². The van der Waals surface area contributed by atoms with Crippen molar-refractivity contribution in [3.63, 3.8) is 0 Å². The van der Waals surface area contributed by atoms with E-state index in [2.05, 4.69) is 9.97 Å². The smallest absolute Gasteiger partial charge is 0.259 e. The summed E-state index contributed by atoms with van der Waals surface area (Å²) in [5.74, 6) is 0.574. The molecule has 1 N–H and O–H groups in total. The topological polar surface area (TPSA) is 55.0 Å². The van der Waals surface area contributed by atoms with Gasteiger partial charge in [-0.15, -0.1) is 11.3 Å². The molecule has 0 spiro atoms. The number of aryl methyl sites for hydroxylation is 2. The van der Waals surface area contributed by atoms with Gasteiger partial charge in [0, 0.05) is 4.88 Å². The van der Waals surface area contributed by atoms with Crippen molar-refractivity contribution in [2.75, 3.05) is 0 Å². The molecule has 3 rings (SSSR count). The molecule has 0 amide bonds. The van der Waals surface area contributed by atoms with Crippen LogP contribution in [0.2, 0.25) is 0 Å². The van der Waals surface area contributed by atoms with Crippen molar-refractivity contribution in [3.05, 3.63) is 62.5 Å². The summed E-state index contributed by atoms with van der Waals surface area (Å²) in [6.07, 6.45) is 0. The first kappa shape index (κ1) is 14.0. The van der Waals surface area contributed by atoms with E-state index in [0.717, 1.165) is 20.8 Å². The Kier molecular flexibility index (Phi) is 3.86. The maximum Gasteiger partial charge on any atom is 0.259 e. The number of ether oxygens (including phenoxy) is 1. The van der Waals surface area contributed by atoms with Crippen molar-refractivity contribution >= 4 is 21.6 Å². The van der Waals surface area contributed by atoms with Crippen molar-refractivity contribution in [2.45, 2.75) is 27.1 Å². The van der Waals surface area contributed by atoms with Crippen LogP contribution in [0, 0.1) is 13.8 Å². The van der Waals surface area contributed by atoms with Crippen LogP contribution in [0.1, 0.15) is 21.8 Å². The molecule has 2 aromatic heterocycles. The van der Waals surface area contributed by atoms with Gasteiger partial charge >= 0.3 is 0 Å². The van der Waals surface area contributed by atoms with Crippen LogP contribution in [-0.2, 0) is 18.0 Å².